The van der Waals surface area contributed by atoms with Crippen LogP contribution in [0.2, 0.25) is 0 Å². The lowest BCUT2D eigenvalue weighted by atomic mass is 10.1. The van der Waals surface area contributed by atoms with Crippen molar-refractivity contribution in [3.05, 3.63) is 72.7 Å². The van der Waals surface area contributed by atoms with Gasteiger partial charge in [-0.15, -0.1) is 0 Å². The van der Waals surface area contributed by atoms with Crippen LogP contribution >= 0.6 is 11.8 Å². The Hall–Kier alpha value is -2.70. The summed E-state index contributed by atoms with van der Waals surface area (Å²) in [5, 5.41) is 0. The van der Waals surface area contributed by atoms with Gasteiger partial charge >= 0.3 is 0 Å². The fraction of sp³-hybridized carbons (Fsp3) is 0.320. The minimum absolute atomic E-state index is 0.300. The number of imidazole rings is 1. The lowest BCUT2D eigenvalue weighted by molar-refractivity contribution is 0.278. The van der Waals surface area contributed by atoms with Crippen molar-refractivity contribution in [3.8, 4) is 11.4 Å². The average Bonchev–Trinajstić information content (AvgIpc) is 3.54. The number of nitrogens with zero attached hydrogens (tertiary/aromatic N) is 4. The molecule has 160 valence electrons. The van der Waals surface area contributed by atoms with Crippen LogP contribution in [0.5, 0.6) is 0 Å². The van der Waals surface area contributed by atoms with E-state index in [2.05, 4.69) is 93.2 Å². The van der Waals surface area contributed by atoms with E-state index < -0.39 is 0 Å². The van der Waals surface area contributed by atoms with Crippen molar-refractivity contribution in [2.75, 3.05) is 31.1 Å². The molecule has 0 bridgehead atoms. The van der Waals surface area contributed by atoms with Crippen LogP contribution in [0.3, 0.4) is 0 Å². The van der Waals surface area contributed by atoms with Crippen LogP contribution < -0.4 is 4.90 Å². The van der Waals surface area contributed by atoms with Gasteiger partial charge in [-0.2, -0.15) is 0 Å². The van der Waals surface area contributed by atoms with Gasteiger partial charge < -0.3 is 19.7 Å². The van der Waals surface area contributed by atoms with Gasteiger partial charge in [-0.3, -0.25) is 0 Å². The zero-order chi connectivity index (χ0) is 21.2. The number of nitrogens with one attached hydrogen (secondary N) is 1. The van der Waals surface area contributed by atoms with Crippen molar-refractivity contribution in [2.24, 2.45) is 0 Å². The Morgan fingerprint density at radius 2 is 1.81 bits per heavy atom. The molecule has 1 aromatic heterocycles. The van der Waals surface area contributed by atoms with Gasteiger partial charge in [-0.25, -0.2) is 4.98 Å². The van der Waals surface area contributed by atoms with E-state index in [1.165, 1.54) is 21.8 Å². The molecule has 0 aliphatic carbocycles. The Morgan fingerprint density at radius 3 is 2.55 bits per heavy atom. The van der Waals surface area contributed by atoms with E-state index in [0.717, 1.165) is 44.0 Å². The third-order valence-electron chi connectivity index (χ3n) is 6.17. The van der Waals surface area contributed by atoms with Gasteiger partial charge in [-0.1, -0.05) is 62.0 Å². The smallest absolute Gasteiger partial charge is 0.159 e. The number of fused-ring (bicyclic) bond motifs is 3. The van der Waals surface area contributed by atoms with Crippen LogP contribution in [0.15, 0.2) is 72.0 Å². The summed E-state index contributed by atoms with van der Waals surface area (Å²) in [5.41, 5.74) is 5.28. The molecule has 2 aromatic carbocycles. The maximum atomic E-state index is 4.38. The van der Waals surface area contributed by atoms with Crippen molar-refractivity contribution < 1.29 is 0 Å². The molecule has 5 nitrogen and oxygen atoms in total. The van der Waals surface area contributed by atoms with Crippen molar-refractivity contribution in [1.29, 1.82) is 0 Å². The fourth-order valence-electron chi connectivity index (χ4n) is 4.43. The second kappa shape index (κ2) is 8.81. The Balaban J connectivity index is 1.41. The van der Waals surface area contributed by atoms with Crippen LogP contribution in [-0.4, -0.2) is 51.4 Å². The third-order valence-corrected chi connectivity index (χ3v) is 7.46. The number of para-hydroxylation sites is 1. The summed E-state index contributed by atoms with van der Waals surface area (Å²) < 4.78 is 0. The Kier molecular flexibility index (Phi) is 5.74. The second-order valence-electron chi connectivity index (χ2n) is 7.92. The first-order chi connectivity index (χ1) is 15.3. The first-order valence-electron chi connectivity index (χ1n) is 11.1. The van der Waals surface area contributed by atoms with E-state index in [9.17, 15) is 0 Å². The largest absolute Gasteiger partial charge is 0.345 e. The highest BCUT2D eigenvalue weighted by molar-refractivity contribution is 8.00. The van der Waals surface area contributed by atoms with Crippen LogP contribution in [0.25, 0.3) is 17.1 Å². The van der Waals surface area contributed by atoms with Gasteiger partial charge in [-0.05, 0) is 43.8 Å². The molecule has 0 radical (unpaired) electrons. The van der Waals surface area contributed by atoms with E-state index in [1.54, 1.807) is 6.20 Å². The maximum Gasteiger partial charge on any atom is 0.159 e. The number of aromatic amines is 1. The van der Waals surface area contributed by atoms with E-state index in [1.807, 2.05) is 18.0 Å². The molecular formula is C25H29N5S. The van der Waals surface area contributed by atoms with Gasteiger partial charge in [0, 0.05) is 35.6 Å². The van der Waals surface area contributed by atoms with Crippen LogP contribution in [0.4, 0.5) is 5.69 Å². The summed E-state index contributed by atoms with van der Waals surface area (Å²) in [4.78, 5) is 16.5. The van der Waals surface area contributed by atoms with E-state index in [-0.39, 0.29) is 0 Å². The van der Waals surface area contributed by atoms with Crippen molar-refractivity contribution in [3.63, 3.8) is 0 Å². The number of thioether (sulfide) groups is 1. The molecular weight excluding hydrogens is 402 g/mol. The van der Waals surface area contributed by atoms with Gasteiger partial charge in [0.1, 0.15) is 5.82 Å². The standard InChI is InChI=1S/C25H29N5S/c1-3-28(4-2)16-7-17-29-22(18-30-21-8-5-6-9-23(21)31-25(29)30)19-10-12-20(13-11-19)24-26-14-15-27-24/h5-6,8-15,18,25H,3-4,7,16-17H2,1-2H3,(H,26,27). The van der Waals surface area contributed by atoms with Gasteiger partial charge in [0.15, 0.2) is 5.50 Å². The first-order valence-corrected chi connectivity index (χ1v) is 12.0. The molecule has 2 aliphatic heterocycles. The summed E-state index contributed by atoms with van der Waals surface area (Å²) in [7, 11) is 0. The third kappa shape index (κ3) is 3.86. The Bertz CT molecular complexity index is 1040. The quantitative estimate of drug-likeness (QED) is 0.523. The zero-order valence-electron chi connectivity index (χ0n) is 18.2. The van der Waals surface area contributed by atoms with Gasteiger partial charge in [0.25, 0.3) is 0 Å². The van der Waals surface area contributed by atoms with E-state index in [4.69, 9.17) is 0 Å². The minimum Gasteiger partial charge on any atom is -0.345 e. The highest BCUT2D eigenvalue weighted by atomic mass is 32.2. The molecule has 2 aliphatic rings. The van der Waals surface area contributed by atoms with Crippen LogP contribution in [0, 0.1) is 0 Å². The summed E-state index contributed by atoms with van der Waals surface area (Å²) >= 11 is 1.96. The normalized spacial score (nSPS) is 17.3. The molecule has 5 rings (SSSR count). The number of aromatic nitrogens is 2. The van der Waals surface area contributed by atoms with E-state index >= 15 is 0 Å². The SMILES string of the molecule is CCN(CC)CCCN1C(c2ccc(-c3ncc[nH]3)cc2)=CN2c3ccccc3SC12. The lowest BCUT2D eigenvalue weighted by Crippen LogP contribution is -2.36. The highest BCUT2D eigenvalue weighted by Gasteiger charge is 2.39. The summed E-state index contributed by atoms with van der Waals surface area (Å²) in [6.07, 6.45) is 7.15. The molecule has 0 amide bonds. The highest BCUT2D eigenvalue weighted by Crippen LogP contribution is 2.50. The molecule has 0 spiro atoms. The minimum atomic E-state index is 0.300. The number of benzene rings is 2. The Morgan fingerprint density at radius 1 is 1.03 bits per heavy atom. The predicted molar refractivity (Wildman–Crippen MR) is 130 cm³/mol. The Labute approximate surface area is 188 Å². The zero-order valence-corrected chi connectivity index (χ0v) is 19.0. The molecule has 1 unspecified atom stereocenters. The average molecular weight is 432 g/mol. The predicted octanol–water partition coefficient (Wildman–Crippen LogP) is 5.32. The first kappa shape index (κ1) is 20.2. The van der Waals surface area contributed by atoms with Crippen molar-refractivity contribution in [2.45, 2.75) is 30.7 Å². The van der Waals surface area contributed by atoms with Gasteiger partial charge in [0.2, 0.25) is 0 Å². The van der Waals surface area contributed by atoms with Gasteiger partial charge in [0.05, 0.1) is 11.4 Å². The molecule has 1 N–H and O–H groups in total. The maximum absolute atomic E-state index is 4.38. The number of anilines is 1. The molecule has 0 fully saturated rings. The van der Waals surface area contributed by atoms with Crippen molar-refractivity contribution >= 4 is 23.1 Å². The molecule has 6 heteroatoms. The molecule has 0 saturated carbocycles. The number of hydrogen-bond acceptors (Lipinski definition) is 5. The van der Waals surface area contributed by atoms with Crippen LogP contribution in [-0.2, 0) is 0 Å². The number of rotatable bonds is 8. The number of H-pyrrole nitrogens is 1. The van der Waals surface area contributed by atoms with E-state index in [0.29, 0.717) is 5.50 Å². The fourth-order valence-corrected chi connectivity index (χ4v) is 5.74. The molecule has 0 saturated heterocycles. The van der Waals surface area contributed by atoms with Crippen LogP contribution in [0.1, 0.15) is 25.8 Å². The molecule has 1 atom stereocenters. The lowest BCUT2D eigenvalue weighted by Gasteiger charge is -2.30. The molecule has 3 aromatic rings. The monoisotopic (exact) mass is 431 g/mol. The topological polar surface area (TPSA) is 38.4 Å². The van der Waals surface area contributed by atoms with Crippen molar-refractivity contribution in [1.82, 2.24) is 19.8 Å². The summed E-state index contributed by atoms with van der Waals surface area (Å²) in [6, 6.07) is 17.5. The summed E-state index contributed by atoms with van der Waals surface area (Å²) in [6.45, 7) is 8.91. The molecule has 3 heterocycles. The number of hydrogen-bond donors (Lipinski definition) is 1. The molecule has 31 heavy (non-hydrogen) atoms. The second-order valence-corrected chi connectivity index (χ2v) is 9.02. The summed E-state index contributed by atoms with van der Waals surface area (Å²) in [5.74, 6) is 0.910.